The number of para-hydroxylation sites is 1. The van der Waals surface area contributed by atoms with Crippen molar-refractivity contribution in [2.24, 2.45) is 0 Å². The molecule has 0 radical (unpaired) electrons. The van der Waals surface area contributed by atoms with E-state index in [4.69, 9.17) is 0 Å². The number of H-pyrrole nitrogens is 1. The minimum Gasteiger partial charge on any atom is -0.339 e. The molecular formula is C11H8BrN5. The predicted octanol–water partition coefficient (Wildman–Crippen LogP) is 2.86. The van der Waals surface area contributed by atoms with Crippen LogP contribution in [0.3, 0.4) is 0 Å². The first kappa shape index (κ1) is 10.2. The van der Waals surface area contributed by atoms with Gasteiger partial charge in [0.1, 0.15) is 16.7 Å². The summed E-state index contributed by atoms with van der Waals surface area (Å²) >= 11 is 3.37. The smallest absolute Gasteiger partial charge is 0.161 e. The molecule has 0 aliphatic rings. The van der Waals surface area contributed by atoms with Crippen molar-refractivity contribution in [1.82, 2.24) is 20.2 Å². The van der Waals surface area contributed by atoms with Gasteiger partial charge in [-0.15, -0.1) is 0 Å². The largest absolute Gasteiger partial charge is 0.339 e. The van der Waals surface area contributed by atoms with Gasteiger partial charge in [-0.1, -0.05) is 18.2 Å². The van der Waals surface area contributed by atoms with Crippen molar-refractivity contribution in [2.75, 3.05) is 5.32 Å². The topological polar surface area (TPSA) is 66.5 Å². The van der Waals surface area contributed by atoms with E-state index < -0.39 is 0 Å². The molecule has 0 atom stereocenters. The maximum Gasteiger partial charge on any atom is 0.161 e. The number of halogens is 1. The number of benzene rings is 1. The van der Waals surface area contributed by atoms with Crippen LogP contribution in [0.15, 0.2) is 41.3 Å². The molecule has 0 saturated carbocycles. The van der Waals surface area contributed by atoms with Gasteiger partial charge < -0.3 is 5.32 Å². The molecule has 0 spiro atoms. The Morgan fingerprint density at radius 3 is 2.76 bits per heavy atom. The van der Waals surface area contributed by atoms with Gasteiger partial charge in [0.2, 0.25) is 0 Å². The Labute approximate surface area is 105 Å². The molecule has 2 heterocycles. The number of aromatic amines is 1. The zero-order valence-corrected chi connectivity index (χ0v) is 10.3. The molecule has 5 nitrogen and oxygen atoms in total. The highest BCUT2D eigenvalue weighted by Gasteiger charge is 2.10. The average molecular weight is 290 g/mol. The van der Waals surface area contributed by atoms with Crippen LogP contribution < -0.4 is 5.32 Å². The SMILES string of the molecule is Brc1n[nH]c2ncnc(Nc3ccccc3)c12. The molecule has 84 valence electrons. The van der Waals surface area contributed by atoms with Crippen molar-refractivity contribution in [2.45, 2.75) is 0 Å². The Morgan fingerprint density at radius 1 is 1.12 bits per heavy atom. The Hall–Kier alpha value is -1.95. The maximum absolute atomic E-state index is 4.22. The summed E-state index contributed by atoms with van der Waals surface area (Å²) in [4.78, 5) is 8.33. The fourth-order valence-corrected chi connectivity index (χ4v) is 2.04. The Balaban J connectivity index is 2.09. The van der Waals surface area contributed by atoms with E-state index in [-0.39, 0.29) is 0 Å². The van der Waals surface area contributed by atoms with E-state index in [0.29, 0.717) is 10.3 Å². The van der Waals surface area contributed by atoms with Crippen LogP contribution in [0.25, 0.3) is 11.0 Å². The van der Waals surface area contributed by atoms with E-state index in [2.05, 4.69) is 41.4 Å². The lowest BCUT2D eigenvalue weighted by atomic mass is 10.3. The van der Waals surface area contributed by atoms with Gasteiger partial charge in [0.05, 0.1) is 5.39 Å². The molecule has 2 N–H and O–H groups in total. The van der Waals surface area contributed by atoms with Gasteiger partial charge in [-0.05, 0) is 28.1 Å². The van der Waals surface area contributed by atoms with Gasteiger partial charge in [-0.25, -0.2) is 9.97 Å². The third-order valence-corrected chi connectivity index (χ3v) is 2.92. The van der Waals surface area contributed by atoms with E-state index in [1.807, 2.05) is 30.3 Å². The average Bonchev–Trinajstić information content (AvgIpc) is 2.74. The Bertz CT molecular complexity index is 649. The minimum absolute atomic E-state index is 0.699. The third kappa shape index (κ3) is 1.87. The standard InChI is InChI=1S/C11H8BrN5/c12-9-8-10(13-6-14-11(8)17-16-9)15-7-4-2-1-3-5-7/h1-6H,(H2,13,14,15,16,17). The van der Waals surface area contributed by atoms with Crippen LogP contribution in [0.2, 0.25) is 0 Å². The highest BCUT2D eigenvalue weighted by atomic mass is 79.9. The van der Waals surface area contributed by atoms with Crippen molar-refractivity contribution in [3.63, 3.8) is 0 Å². The summed E-state index contributed by atoms with van der Waals surface area (Å²) in [5.41, 5.74) is 1.67. The molecule has 0 aliphatic heterocycles. The van der Waals surface area contributed by atoms with E-state index in [9.17, 15) is 0 Å². The lowest BCUT2D eigenvalue weighted by Gasteiger charge is -2.05. The molecule has 2 aromatic heterocycles. The highest BCUT2D eigenvalue weighted by Crippen LogP contribution is 2.27. The summed E-state index contributed by atoms with van der Waals surface area (Å²) in [6, 6.07) is 9.84. The fourth-order valence-electron chi connectivity index (χ4n) is 1.58. The second-order valence-electron chi connectivity index (χ2n) is 3.45. The molecule has 0 amide bonds. The molecule has 3 rings (SSSR count). The molecule has 3 aromatic rings. The number of nitrogens with one attached hydrogen (secondary N) is 2. The van der Waals surface area contributed by atoms with Crippen molar-refractivity contribution in [3.05, 3.63) is 41.3 Å². The monoisotopic (exact) mass is 289 g/mol. The van der Waals surface area contributed by atoms with Crippen LogP contribution in [0, 0.1) is 0 Å². The molecule has 1 aromatic carbocycles. The van der Waals surface area contributed by atoms with Crippen molar-refractivity contribution in [3.8, 4) is 0 Å². The molecule has 0 bridgehead atoms. The van der Waals surface area contributed by atoms with Gasteiger partial charge in [0.25, 0.3) is 0 Å². The van der Waals surface area contributed by atoms with E-state index >= 15 is 0 Å². The lowest BCUT2D eigenvalue weighted by Crippen LogP contribution is -1.94. The zero-order chi connectivity index (χ0) is 11.7. The van der Waals surface area contributed by atoms with Crippen LogP contribution in [0.1, 0.15) is 0 Å². The maximum atomic E-state index is 4.22. The molecule has 6 heteroatoms. The first-order chi connectivity index (χ1) is 8.34. The van der Waals surface area contributed by atoms with Crippen molar-refractivity contribution < 1.29 is 0 Å². The normalized spacial score (nSPS) is 10.6. The summed E-state index contributed by atoms with van der Waals surface area (Å²) in [6.45, 7) is 0. The van der Waals surface area contributed by atoms with Gasteiger partial charge >= 0.3 is 0 Å². The number of fused-ring (bicyclic) bond motifs is 1. The number of nitrogens with zero attached hydrogens (tertiary/aromatic N) is 3. The minimum atomic E-state index is 0.699. The summed E-state index contributed by atoms with van der Waals surface area (Å²) in [5, 5.41) is 10.9. The number of hydrogen-bond acceptors (Lipinski definition) is 4. The second kappa shape index (κ2) is 4.14. The zero-order valence-electron chi connectivity index (χ0n) is 8.68. The number of hydrogen-bond donors (Lipinski definition) is 2. The first-order valence-electron chi connectivity index (χ1n) is 5.01. The molecular weight excluding hydrogens is 282 g/mol. The van der Waals surface area contributed by atoms with Gasteiger partial charge in [-0.2, -0.15) is 5.10 Å². The van der Waals surface area contributed by atoms with E-state index in [0.717, 1.165) is 16.9 Å². The quantitative estimate of drug-likeness (QED) is 0.761. The summed E-state index contributed by atoms with van der Waals surface area (Å²) in [5.74, 6) is 0.724. The molecule has 0 saturated heterocycles. The molecule has 17 heavy (non-hydrogen) atoms. The van der Waals surface area contributed by atoms with Crippen LogP contribution >= 0.6 is 15.9 Å². The van der Waals surface area contributed by atoms with Gasteiger partial charge in [0.15, 0.2) is 5.65 Å². The number of rotatable bonds is 2. The highest BCUT2D eigenvalue weighted by molar-refractivity contribution is 9.10. The summed E-state index contributed by atoms with van der Waals surface area (Å²) in [6.07, 6.45) is 1.50. The van der Waals surface area contributed by atoms with Crippen molar-refractivity contribution >= 4 is 38.5 Å². The number of aromatic nitrogens is 4. The summed E-state index contributed by atoms with van der Waals surface area (Å²) < 4.78 is 0.700. The van der Waals surface area contributed by atoms with Crippen LogP contribution in [0.4, 0.5) is 11.5 Å². The Kier molecular flexibility index (Phi) is 2.49. The molecule has 0 aliphatic carbocycles. The third-order valence-electron chi connectivity index (χ3n) is 2.35. The van der Waals surface area contributed by atoms with E-state index in [1.165, 1.54) is 6.33 Å². The molecule has 0 unspecified atom stereocenters. The number of anilines is 2. The van der Waals surface area contributed by atoms with Crippen molar-refractivity contribution in [1.29, 1.82) is 0 Å². The first-order valence-corrected chi connectivity index (χ1v) is 5.80. The van der Waals surface area contributed by atoms with Gasteiger partial charge in [0, 0.05) is 5.69 Å². The Morgan fingerprint density at radius 2 is 1.94 bits per heavy atom. The predicted molar refractivity (Wildman–Crippen MR) is 69.1 cm³/mol. The van der Waals surface area contributed by atoms with Crippen LogP contribution in [-0.4, -0.2) is 20.2 Å². The van der Waals surface area contributed by atoms with Crippen LogP contribution in [-0.2, 0) is 0 Å². The van der Waals surface area contributed by atoms with Gasteiger partial charge in [-0.3, -0.25) is 5.10 Å². The van der Waals surface area contributed by atoms with Crippen LogP contribution in [0.5, 0.6) is 0 Å². The molecule has 0 fully saturated rings. The lowest BCUT2D eigenvalue weighted by molar-refractivity contribution is 1.07. The second-order valence-corrected chi connectivity index (χ2v) is 4.20. The van der Waals surface area contributed by atoms with E-state index in [1.54, 1.807) is 0 Å². The fraction of sp³-hybridized carbons (Fsp3) is 0. The summed E-state index contributed by atoms with van der Waals surface area (Å²) in [7, 11) is 0.